The normalized spacial score (nSPS) is 17.7. The molecule has 0 aliphatic carbocycles. The smallest absolute Gasteiger partial charge is 0.308 e. The second kappa shape index (κ2) is 8.09. The number of hydrogen-bond donors (Lipinski definition) is 3. The molecule has 24 heavy (non-hydrogen) atoms. The van der Waals surface area contributed by atoms with Crippen molar-refractivity contribution < 1.29 is 23.9 Å². The zero-order valence-electron chi connectivity index (χ0n) is 13.0. The Morgan fingerprint density at radius 2 is 2.00 bits per heavy atom. The summed E-state index contributed by atoms with van der Waals surface area (Å²) in [7, 11) is 0. The number of hydrogen-bond acceptors (Lipinski definition) is 5. The molecule has 0 saturated carbocycles. The molecule has 1 aromatic carbocycles. The monoisotopic (exact) mass is 333 g/mol. The summed E-state index contributed by atoms with van der Waals surface area (Å²) < 4.78 is 5.07. The topological polar surface area (TPSA) is 128 Å². The second-order valence-electron chi connectivity index (χ2n) is 5.47. The third-order valence-electron chi connectivity index (χ3n) is 3.59. The van der Waals surface area contributed by atoms with Gasteiger partial charge < -0.3 is 21.1 Å². The summed E-state index contributed by atoms with van der Waals surface area (Å²) >= 11 is 0. The van der Waals surface area contributed by atoms with E-state index in [4.69, 9.17) is 10.5 Å². The van der Waals surface area contributed by atoms with E-state index in [1.54, 1.807) is 12.1 Å². The van der Waals surface area contributed by atoms with Crippen LogP contribution >= 0.6 is 0 Å². The van der Waals surface area contributed by atoms with E-state index in [-0.39, 0.29) is 25.4 Å². The number of carbonyl (C=O) groups excluding carboxylic acids is 4. The van der Waals surface area contributed by atoms with Crippen LogP contribution in [0.5, 0.6) is 0 Å². The van der Waals surface area contributed by atoms with Gasteiger partial charge in [0.2, 0.25) is 17.7 Å². The average Bonchev–Trinajstić information content (AvgIpc) is 3.00. The van der Waals surface area contributed by atoms with Crippen LogP contribution in [0.1, 0.15) is 24.8 Å². The minimum absolute atomic E-state index is 0.0672. The van der Waals surface area contributed by atoms with Gasteiger partial charge in [0.1, 0.15) is 18.7 Å². The van der Waals surface area contributed by atoms with Crippen LogP contribution in [0, 0.1) is 0 Å². The molecule has 0 radical (unpaired) electrons. The zero-order chi connectivity index (χ0) is 17.5. The molecule has 0 aromatic heterocycles. The van der Waals surface area contributed by atoms with Gasteiger partial charge in [0, 0.05) is 6.42 Å². The zero-order valence-corrected chi connectivity index (χ0v) is 13.0. The number of nitrogens with one attached hydrogen (secondary N) is 2. The van der Waals surface area contributed by atoms with Crippen molar-refractivity contribution in [3.63, 3.8) is 0 Å². The molecule has 1 fully saturated rings. The lowest BCUT2D eigenvalue weighted by Gasteiger charge is -2.17. The highest BCUT2D eigenvalue weighted by atomic mass is 16.5. The molecule has 1 heterocycles. The number of esters is 1. The molecular formula is C16H19N3O5. The van der Waals surface area contributed by atoms with Crippen LogP contribution in [-0.2, 0) is 30.5 Å². The SMILES string of the molecule is NC(=O)[C@@H](CC(=O)OCc1ccccc1)NC(=O)[C@@H]1CCC(=O)N1. The van der Waals surface area contributed by atoms with Gasteiger partial charge in [0.05, 0.1) is 6.42 Å². The molecule has 2 rings (SSSR count). The van der Waals surface area contributed by atoms with Crippen LogP contribution < -0.4 is 16.4 Å². The van der Waals surface area contributed by atoms with Gasteiger partial charge in [-0.25, -0.2) is 0 Å². The van der Waals surface area contributed by atoms with Crippen molar-refractivity contribution in [2.75, 3.05) is 0 Å². The third-order valence-corrected chi connectivity index (χ3v) is 3.59. The molecule has 3 amide bonds. The van der Waals surface area contributed by atoms with Gasteiger partial charge in [-0.3, -0.25) is 19.2 Å². The van der Waals surface area contributed by atoms with Crippen molar-refractivity contribution in [1.82, 2.24) is 10.6 Å². The van der Waals surface area contributed by atoms with Crippen molar-refractivity contribution >= 4 is 23.7 Å². The molecule has 1 aliphatic heterocycles. The Bertz CT molecular complexity index is 632. The number of benzene rings is 1. The van der Waals surface area contributed by atoms with Gasteiger partial charge in [-0.2, -0.15) is 0 Å². The first-order chi connectivity index (χ1) is 11.5. The molecule has 1 aliphatic rings. The van der Waals surface area contributed by atoms with Crippen molar-refractivity contribution in [2.24, 2.45) is 5.73 Å². The Kier molecular flexibility index (Phi) is 5.89. The van der Waals surface area contributed by atoms with Crippen molar-refractivity contribution in [3.05, 3.63) is 35.9 Å². The highest BCUT2D eigenvalue weighted by Crippen LogP contribution is 2.08. The predicted molar refractivity (Wildman–Crippen MR) is 83.1 cm³/mol. The van der Waals surface area contributed by atoms with Crippen LogP contribution in [-0.4, -0.2) is 35.8 Å². The number of nitrogens with two attached hydrogens (primary N) is 1. The highest BCUT2D eigenvalue weighted by Gasteiger charge is 2.30. The Morgan fingerprint density at radius 3 is 2.58 bits per heavy atom. The first-order valence-electron chi connectivity index (χ1n) is 7.54. The number of amides is 3. The molecule has 1 saturated heterocycles. The van der Waals surface area contributed by atoms with E-state index < -0.39 is 29.9 Å². The minimum Gasteiger partial charge on any atom is -0.461 e. The number of carbonyl (C=O) groups is 4. The standard InChI is InChI=1S/C16H19N3O5/c17-15(22)12(19-16(23)11-6-7-13(20)18-11)8-14(21)24-9-10-4-2-1-3-5-10/h1-5,11-12H,6-9H2,(H2,17,22)(H,18,20)(H,19,23)/t11-,12+/m0/s1. The van der Waals surface area contributed by atoms with Gasteiger partial charge in [-0.05, 0) is 12.0 Å². The summed E-state index contributed by atoms with van der Waals surface area (Å²) in [6.07, 6.45) is 0.224. The Balaban J connectivity index is 1.83. The number of rotatable bonds is 7. The molecule has 4 N–H and O–H groups in total. The van der Waals surface area contributed by atoms with Gasteiger partial charge in [0.15, 0.2) is 0 Å². The number of primary amides is 1. The molecule has 8 nitrogen and oxygen atoms in total. The summed E-state index contributed by atoms with van der Waals surface area (Å²) in [5.74, 6) is -2.27. The summed E-state index contributed by atoms with van der Waals surface area (Å²) in [6.45, 7) is 0.0672. The van der Waals surface area contributed by atoms with Gasteiger partial charge in [0.25, 0.3) is 0 Å². The number of ether oxygens (including phenoxy) is 1. The van der Waals surface area contributed by atoms with E-state index in [2.05, 4.69) is 10.6 Å². The Hall–Kier alpha value is -2.90. The predicted octanol–water partition coefficient (Wildman–Crippen LogP) is -0.631. The summed E-state index contributed by atoms with van der Waals surface area (Å²) in [6, 6.07) is 7.16. The first-order valence-corrected chi connectivity index (χ1v) is 7.54. The molecule has 8 heteroatoms. The van der Waals surface area contributed by atoms with Crippen molar-refractivity contribution in [3.8, 4) is 0 Å². The minimum atomic E-state index is -1.18. The van der Waals surface area contributed by atoms with Crippen LogP contribution in [0.15, 0.2) is 30.3 Å². The fraction of sp³-hybridized carbons (Fsp3) is 0.375. The van der Waals surface area contributed by atoms with Crippen molar-refractivity contribution in [1.29, 1.82) is 0 Å². The van der Waals surface area contributed by atoms with Crippen LogP contribution in [0.4, 0.5) is 0 Å². The van der Waals surface area contributed by atoms with E-state index >= 15 is 0 Å². The van der Waals surface area contributed by atoms with E-state index in [0.717, 1.165) is 5.56 Å². The fourth-order valence-electron chi connectivity index (χ4n) is 2.27. The lowest BCUT2D eigenvalue weighted by atomic mass is 10.1. The second-order valence-corrected chi connectivity index (χ2v) is 5.47. The molecule has 0 unspecified atom stereocenters. The van der Waals surface area contributed by atoms with Crippen LogP contribution in [0.2, 0.25) is 0 Å². The largest absolute Gasteiger partial charge is 0.461 e. The van der Waals surface area contributed by atoms with Gasteiger partial charge in [-0.15, -0.1) is 0 Å². The molecule has 2 atom stereocenters. The Labute approximate surface area is 138 Å². The van der Waals surface area contributed by atoms with E-state index in [1.807, 2.05) is 18.2 Å². The van der Waals surface area contributed by atoms with Gasteiger partial charge >= 0.3 is 5.97 Å². The maximum atomic E-state index is 12.0. The molecule has 0 spiro atoms. The van der Waals surface area contributed by atoms with E-state index in [0.29, 0.717) is 6.42 Å². The molecule has 1 aromatic rings. The molecule has 128 valence electrons. The third kappa shape index (κ3) is 5.08. The van der Waals surface area contributed by atoms with Crippen LogP contribution in [0.25, 0.3) is 0 Å². The Morgan fingerprint density at radius 1 is 1.29 bits per heavy atom. The molecular weight excluding hydrogens is 314 g/mol. The maximum absolute atomic E-state index is 12.0. The first kappa shape index (κ1) is 17.5. The summed E-state index contributed by atoms with van der Waals surface area (Å²) in [5, 5.41) is 4.86. The van der Waals surface area contributed by atoms with Gasteiger partial charge in [-0.1, -0.05) is 30.3 Å². The lowest BCUT2D eigenvalue weighted by Crippen LogP contribution is -2.51. The van der Waals surface area contributed by atoms with E-state index in [1.165, 1.54) is 0 Å². The molecule has 0 bridgehead atoms. The average molecular weight is 333 g/mol. The fourth-order valence-corrected chi connectivity index (χ4v) is 2.27. The summed E-state index contributed by atoms with van der Waals surface area (Å²) in [4.78, 5) is 46.4. The van der Waals surface area contributed by atoms with Crippen LogP contribution in [0.3, 0.4) is 0 Å². The van der Waals surface area contributed by atoms with Crippen molar-refractivity contribution in [2.45, 2.75) is 38.0 Å². The quantitative estimate of drug-likeness (QED) is 0.572. The lowest BCUT2D eigenvalue weighted by molar-refractivity contribution is -0.147. The maximum Gasteiger partial charge on any atom is 0.308 e. The van der Waals surface area contributed by atoms with E-state index in [9.17, 15) is 19.2 Å². The summed E-state index contributed by atoms with van der Waals surface area (Å²) in [5.41, 5.74) is 6.02. The highest BCUT2D eigenvalue weighted by molar-refractivity contribution is 5.94.